The molecular formula is C12H14ClNO2. The van der Waals surface area contributed by atoms with Gasteiger partial charge in [-0.05, 0) is 43.4 Å². The number of carbonyl (C=O) groups is 1. The molecule has 1 aliphatic rings. The first kappa shape index (κ1) is 11.3. The normalized spacial score (nSPS) is 16.9. The summed E-state index contributed by atoms with van der Waals surface area (Å²) in [6.07, 6.45) is 1.98. The van der Waals surface area contributed by atoms with Crippen LogP contribution in [0.15, 0.2) is 18.2 Å². The molecule has 0 aliphatic heterocycles. The van der Waals surface area contributed by atoms with Gasteiger partial charge in [0.2, 0.25) is 0 Å². The maximum atomic E-state index is 11.1. The molecule has 1 saturated carbocycles. The summed E-state index contributed by atoms with van der Waals surface area (Å²) in [6.45, 7) is 1.93. The first-order valence-corrected chi connectivity index (χ1v) is 5.71. The Bertz CT molecular complexity index is 415. The average Bonchev–Trinajstić information content (AvgIpc) is 3.02. The summed E-state index contributed by atoms with van der Waals surface area (Å²) in [4.78, 5) is 11.1. The van der Waals surface area contributed by atoms with E-state index in [1.165, 1.54) is 0 Å². The third-order valence-corrected chi connectivity index (χ3v) is 3.11. The number of aliphatic carboxylic acids is 1. The lowest BCUT2D eigenvalue weighted by Gasteiger charge is -2.16. The maximum absolute atomic E-state index is 11.1. The Morgan fingerprint density at radius 2 is 2.25 bits per heavy atom. The molecule has 2 N–H and O–H groups in total. The second-order valence-electron chi connectivity index (χ2n) is 4.26. The highest BCUT2D eigenvalue weighted by Gasteiger charge is 2.36. The molecule has 1 aliphatic carbocycles. The highest BCUT2D eigenvalue weighted by atomic mass is 35.5. The van der Waals surface area contributed by atoms with Gasteiger partial charge in [0.05, 0.1) is 0 Å². The fourth-order valence-electron chi connectivity index (χ4n) is 1.73. The van der Waals surface area contributed by atoms with Crippen molar-refractivity contribution in [2.45, 2.75) is 25.8 Å². The monoisotopic (exact) mass is 239 g/mol. The van der Waals surface area contributed by atoms with E-state index in [2.05, 4.69) is 5.32 Å². The lowest BCUT2D eigenvalue weighted by molar-refractivity contribution is -0.138. The smallest absolute Gasteiger partial charge is 0.326 e. The predicted molar refractivity (Wildman–Crippen MR) is 64.0 cm³/mol. The Morgan fingerprint density at radius 1 is 1.56 bits per heavy atom. The third-order valence-electron chi connectivity index (χ3n) is 2.87. The van der Waals surface area contributed by atoms with Gasteiger partial charge in [0, 0.05) is 10.7 Å². The molecule has 0 aromatic heterocycles. The molecule has 2 rings (SSSR count). The number of rotatable bonds is 4. The van der Waals surface area contributed by atoms with Gasteiger partial charge in [-0.15, -0.1) is 0 Å². The van der Waals surface area contributed by atoms with E-state index >= 15 is 0 Å². The van der Waals surface area contributed by atoms with E-state index in [9.17, 15) is 4.79 Å². The summed E-state index contributed by atoms with van der Waals surface area (Å²) in [5, 5.41) is 12.8. The van der Waals surface area contributed by atoms with Gasteiger partial charge in [0.25, 0.3) is 0 Å². The minimum Gasteiger partial charge on any atom is -0.480 e. The maximum Gasteiger partial charge on any atom is 0.326 e. The van der Waals surface area contributed by atoms with Crippen molar-refractivity contribution in [1.29, 1.82) is 0 Å². The molecule has 0 radical (unpaired) electrons. The zero-order chi connectivity index (χ0) is 11.7. The standard InChI is InChI=1S/C12H14ClNO2/c1-7-2-5-9(13)6-10(7)14-11(12(15)16)8-3-4-8/h2,5-6,8,11,14H,3-4H2,1H3,(H,15,16). The predicted octanol–water partition coefficient (Wildman–Crippen LogP) is 2.92. The number of benzene rings is 1. The zero-order valence-electron chi connectivity index (χ0n) is 9.03. The molecular weight excluding hydrogens is 226 g/mol. The minimum atomic E-state index is -0.790. The Hall–Kier alpha value is -1.22. The van der Waals surface area contributed by atoms with Crippen LogP contribution in [0.25, 0.3) is 0 Å². The topological polar surface area (TPSA) is 49.3 Å². The van der Waals surface area contributed by atoms with E-state index in [4.69, 9.17) is 16.7 Å². The van der Waals surface area contributed by atoms with E-state index in [1.807, 2.05) is 13.0 Å². The fraction of sp³-hybridized carbons (Fsp3) is 0.417. The molecule has 1 atom stereocenters. The highest BCUT2D eigenvalue weighted by molar-refractivity contribution is 6.30. The van der Waals surface area contributed by atoms with Crippen LogP contribution in [0.5, 0.6) is 0 Å². The van der Waals surface area contributed by atoms with Crippen molar-refractivity contribution in [3.05, 3.63) is 28.8 Å². The highest BCUT2D eigenvalue weighted by Crippen LogP contribution is 2.35. The van der Waals surface area contributed by atoms with E-state index < -0.39 is 12.0 Å². The summed E-state index contributed by atoms with van der Waals surface area (Å²) >= 11 is 5.89. The summed E-state index contributed by atoms with van der Waals surface area (Å²) in [6, 6.07) is 4.97. The first-order chi connectivity index (χ1) is 7.58. The summed E-state index contributed by atoms with van der Waals surface area (Å²) in [5.41, 5.74) is 1.82. The van der Waals surface area contributed by atoms with Gasteiger partial charge < -0.3 is 10.4 Å². The summed E-state index contributed by atoms with van der Waals surface area (Å²) in [7, 11) is 0. The number of carboxylic acids is 1. The van der Waals surface area contributed by atoms with Crippen LogP contribution >= 0.6 is 11.6 Å². The molecule has 1 aromatic rings. The van der Waals surface area contributed by atoms with Crippen molar-refractivity contribution in [3.8, 4) is 0 Å². The lowest BCUT2D eigenvalue weighted by atomic mass is 10.1. The van der Waals surface area contributed by atoms with Crippen molar-refractivity contribution in [3.63, 3.8) is 0 Å². The van der Waals surface area contributed by atoms with Crippen molar-refractivity contribution in [2.75, 3.05) is 5.32 Å². The molecule has 1 aromatic carbocycles. The van der Waals surface area contributed by atoms with E-state index in [-0.39, 0.29) is 5.92 Å². The van der Waals surface area contributed by atoms with Crippen molar-refractivity contribution in [1.82, 2.24) is 0 Å². The quantitative estimate of drug-likeness (QED) is 0.850. The fourth-order valence-corrected chi connectivity index (χ4v) is 1.90. The Balaban J connectivity index is 2.17. The number of hydrogen-bond acceptors (Lipinski definition) is 2. The number of nitrogens with one attached hydrogen (secondary N) is 1. The number of carboxylic acid groups (broad SMARTS) is 1. The van der Waals surface area contributed by atoms with Gasteiger partial charge in [0.1, 0.15) is 6.04 Å². The van der Waals surface area contributed by atoms with Gasteiger partial charge >= 0.3 is 5.97 Å². The van der Waals surface area contributed by atoms with Crippen molar-refractivity contribution < 1.29 is 9.90 Å². The largest absolute Gasteiger partial charge is 0.480 e. The Kier molecular flexibility index (Phi) is 3.06. The lowest BCUT2D eigenvalue weighted by Crippen LogP contribution is -2.31. The van der Waals surface area contributed by atoms with E-state index in [1.54, 1.807) is 12.1 Å². The van der Waals surface area contributed by atoms with E-state index in [0.717, 1.165) is 24.1 Å². The second-order valence-corrected chi connectivity index (χ2v) is 4.69. The van der Waals surface area contributed by atoms with Crippen LogP contribution < -0.4 is 5.32 Å². The molecule has 0 saturated heterocycles. The molecule has 1 unspecified atom stereocenters. The van der Waals surface area contributed by atoms with Crippen LogP contribution in [0, 0.1) is 12.8 Å². The number of hydrogen-bond donors (Lipinski definition) is 2. The van der Waals surface area contributed by atoms with Gasteiger partial charge in [-0.1, -0.05) is 17.7 Å². The number of aryl methyl sites for hydroxylation is 1. The third kappa shape index (κ3) is 2.47. The molecule has 1 fully saturated rings. The first-order valence-electron chi connectivity index (χ1n) is 5.33. The molecule has 16 heavy (non-hydrogen) atoms. The zero-order valence-corrected chi connectivity index (χ0v) is 9.79. The van der Waals surface area contributed by atoms with Gasteiger partial charge in [0.15, 0.2) is 0 Å². The molecule has 0 bridgehead atoms. The minimum absolute atomic E-state index is 0.260. The van der Waals surface area contributed by atoms with Crippen LogP contribution in [-0.4, -0.2) is 17.1 Å². The molecule has 4 heteroatoms. The van der Waals surface area contributed by atoms with Gasteiger partial charge in [-0.3, -0.25) is 0 Å². The molecule has 0 spiro atoms. The second kappa shape index (κ2) is 4.34. The van der Waals surface area contributed by atoms with Crippen LogP contribution in [0.2, 0.25) is 5.02 Å². The van der Waals surface area contributed by atoms with Crippen molar-refractivity contribution >= 4 is 23.3 Å². The molecule has 3 nitrogen and oxygen atoms in total. The SMILES string of the molecule is Cc1ccc(Cl)cc1NC(C(=O)O)C1CC1. The van der Waals surface area contributed by atoms with Crippen molar-refractivity contribution in [2.24, 2.45) is 5.92 Å². The summed E-state index contributed by atoms with van der Waals surface area (Å²) < 4.78 is 0. The summed E-state index contributed by atoms with van der Waals surface area (Å²) in [5.74, 6) is -0.530. The van der Waals surface area contributed by atoms with Gasteiger partial charge in [-0.25, -0.2) is 4.79 Å². The average molecular weight is 240 g/mol. The van der Waals surface area contributed by atoms with Crippen LogP contribution in [0.4, 0.5) is 5.69 Å². The van der Waals surface area contributed by atoms with Gasteiger partial charge in [-0.2, -0.15) is 0 Å². The molecule has 86 valence electrons. The number of halogens is 1. The van der Waals surface area contributed by atoms with Crippen LogP contribution in [-0.2, 0) is 4.79 Å². The number of anilines is 1. The van der Waals surface area contributed by atoms with E-state index in [0.29, 0.717) is 5.02 Å². The van der Waals surface area contributed by atoms with Crippen LogP contribution in [0.1, 0.15) is 18.4 Å². The molecule has 0 amide bonds. The Labute approximate surface area is 99.4 Å². The Morgan fingerprint density at radius 3 is 2.81 bits per heavy atom. The van der Waals surface area contributed by atoms with Crippen LogP contribution in [0.3, 0.4) is 0 Å². The molecule has 0 heterocycles.